The summed E-state index contributed by atoms with van der Waals surface area (Å²) in [5.41, 5.74) is 1.21. The minimum atomic E-state index is -0.697. The Morgan fingerprint density at radius 1 is 1.06 bits per heavy atom. The Bertz CT molecular complexity index is 1100. The zero-order chi connectivity index (χ0) is 26.0. The van der Waals surface area contributed by atoms with Crippen LogP contribution in [0.25, 0.3) is 0 Å². The Labute approximate surface area is 213 Å². The van der Waals surface area contributed by atoms with Crippen molar-refractivity contribution in [1.29, 1.82) is 0 Å². The van der Waals surface area contributed by atoms with E-state index in [-0.39, 0.29) is 24.0 Å². The van der Waals surface area contributed by atoms with Crippen LogP contribution < -0.4 is 14.5 Å². The van der Waals surface area contributed by atoms with Crippen molar-refractivity contribution >= 4 is 29.2 Å². The second kappa shape index (κ2) is 10.5. The van der Waals surface area contributed by atoms with Crippen LogP contribution >= 0.6 is 0 Å². The van der Waals surface area contributed by atoms with Crippen molar-refractivity contribution in [3.63, 3.8) is 0 Å². The third-order valence-electron chi connectivity index (χ3n) is 6.45. The van der Waals surface area contributed by atoms with Gasteiger partial charge in [-0.2, -0.15) is 0 Å². The molecule has 0 saturated heterocycles. The first-order valence-electron chi connectivity index (χ1n) is 12.7. The first-order valence-corrected chi connectivity index (χ1v) is 12.7. The predicted octanol–water partition coefficient (Wildman–Crippen LogP) is 5.99. The monoisotopic (exact) mass is 495 g/mol. The number of ether oxygens (including phenoxy) is 3. The fourth-order valence-electron chi connectivity index (χ4n) is 4.90. The summed E-state index contributed by atoms with van der Waals surface area (Å²) < 4.78 is 17.2. The third-order valence-corrected chi connectivity index (χ3v) is 6.45. The Balaban J connectivity index is 1.74. The molecule has 4 rings (SSSR count). The smallest absolute Gasteiger partial charge is 0.420 e. The number of fused-ring (bicyclic) bond motifs is 2. The molecule has 1 aromatic carbocycles. The molecule has 2 aliphatic rings. The second-order valence-corrected chi connectivity index (χ2v) is 10.7. The molecule has 1 saturated carbocycles. The highest BCUT2D eigenvalue weighted by Gasteiger charge is 2.38. The number of hydrogen-bond donors (Lipinski definition) is 0. The van der Waals surface area contributed by atoms with Gasteiger partial charge < -0.3 is 19.1 Å². The number of benzene rings is 1. The molecule has 0 radical (unpaired) electrons. The van der Waals surface area contributed by atoms with Gasteiger partial charge in [-0.3, -0.25) is 4.79 Å². The number of nitrogens with zero attached hydrogens (tertiary/aromatic N) is 3. The minimum absolute atomic E-state index is 0.0355. The van der Waals surface area contributed by atoms with Crippen LogP contribution in [-0.2, 0) is 20.8 Å². The number of aromatic nitrogens is 1. The van der Waals surface area contributed by atoms with E-state index in [1.165, 1.54) is 4.90 Å². The van der Waals surface area contributed by atoms with Crippen LogP contribution in [0.5, 0.6) is 5.75 Å². The molecule has 0 N–H and O–H groups in total. The van der Waals surface area contributed by atoms with E-state index in [0.29, 0.717) is 29.5 Å². The lowest BCUT2D eigenvalue weighted by atomic mass is 9.86. The zero-order valence-electron chi connectivity index (χ0n) is 22.1. The van der Waals surface area contributed by atoms with E-state index in [1.54, 1.807) is 30.3 Å². The fraction of sp³-hybridized carbons (Fsp3) is 0.536. The molecule has 1 aromatic heterocycles. The molecule has 2 amide bonds. The van der Waals surface area contributed by atoms with E-state index in [1.807, 2.05) is 52.8 Å². The van der Waals surface area contributed by atoms with Crippen molar-refractivity contribution in [3.05, 3.63) is 42.1 Å². The molecule has 1 fully saturated rings. The van der Waals surface area contributed by atoms with Gasteiger partial charge in [0.25, 0.3) is 0 Å². The molecule has 8 heteroatoms. The second-order valence-electron chi connectivity index (χ2n) is 10.7. The SMILES string of the molecule is COc1ccc2c(c1)N(C(=O)C1CCC(OC(C)C)CC1)Cc1cccnc1N2C(=O)OC(C)(C)C. The van der Waals surface area contributed by atoms with E-state index in [4.69, 9.17) is 14.2 Å². The topological polar surface area (TPSA) is 81.2 Å². The molecular weight excluding hydrogens is 458 g/mol. The molecule has 1 aliphatic carbocycles. The maximum Gasteiger partial charge on any atom is 0.420 e. The van der Waals surface area contributed by atoms with Crippen LogP contribution in [0, 0.1) is 5.92 Å². The van der Waals surface area contributed by atoms with Crippen LogP contribution in [0.3, 0.4) is 0 Å². The molecule has 1 aliphatic heterocycles. The number of pyridine rings is 1. The van der Waals surface area contributed by atoms with Gasteiger partial charge in [-0.15, -0.1) is 0 Å². The number of carbonyl (C=O) groups excluding carboxylic acids is 2. The number of hydrogen-bond acceptors (Lipinski definition) is 6. The van der Waals surface area contributed by atoms with Gasteiger partial charge in [0, 0.05) is 23.7 Å². The molecule has 2 aromatic rings. The highest BCUT2D eigenvalue weighted by molar-refractivity contribution is 6.06. The van der Waals surface area contributed by atoms with Gasteiger partial charge in [-0.1, -0.05) is 6.07 Å². The first-order chi connectivity index (χ1) is 17.1. The summed E-state index contributed by atoms with van der Waals surface area (Å²) in [6, 6.07) is 9.09. The van der Waals surface area contributed by atoms with Crippen molar-refractivity contribution < 1.29 is 23.8 Å². The Kier molecular flexibility index (Phi) is 7.54. The molecule has 0 atom stereocenters. The number of methoxy groups -OCH3 is 1. The molecule has 36 heavy (non-hydrogen) atoms. The standard InChI is InChI=1S/C28H37N3O5/c1-18(2)35-21-11-9-19(10-12-21)26(32)30-17-20-8-7-15-29-25(20)31(27(33)36-28(3,4)5)23-14-13-22(34-6)16-24(23)30/h7-8,13-16,18-19,21H,9-12,17H2,1-6H3. The maximum absolute atomic E-state index is 14.0. The van der Waals surface area contributed by atoms with Crippen molar-refractivity contribution in [1.82, 2.24) is 4.98 Å². The van der Waals surface area contributed by atoms with E-state index in [9.17, 15) is 9.59 Å². The van der Waals surface area contributed by atoms with Gasteiger partial charge in [0.05, 0.1) is 37.2 Å². The first kappa shape index (κ1) is 25.9. The van der Waals surface area contributed by atoms with E-state index < -0.39 is 11.7 Å². The number of amides is 2. The normalized spacial score (nSPS) is 19.9. The third kappa shape index (κ3) is 5.64. The zero-order valence-corrected chi connectivity index (χ0v) is 22.1. The van der Waals surface area contributed by atoms with Gasteiger partial charge in [0.15, 0.2) is 0 Å². The summed E-state index contributed by atoms with van der Waals surface area (Å²) in [7, 11) is 1.59. The summed E-state index contributed by atoms with van der Waals surface area (Å²) in [6.45, 7) is 9.86. The molecule has 0 unspecified atom stereocenters. The predicted molar refractivity (Wildman–Crippen MR) is 139 cm³/mol. The molecule has 194 valence electrons. The van der Waals surface area contributed by atoms with Crippen molar-refractivity contribution in [2.75, 3.05) is 16.9 Å². The number of carbonyl (C=O) groups is 2. The largest absolute Gasteiger partial charge is 0.497 e. The summed E-state index contributed by atoms with van der Waals surface area (Å²) in [5.74, 6) is 0.976. The minimum Gasteiger partial charge on any atom is -0.497 e. The van der Waals surface area contributed by atoms with Gasteiger partial charge in [0.2, 0.25) is 5.91 Å². The Morgan fingerprint density at radius 3 is 2.42 bits per heavy atom. The van der Waals surface area contributed by atoms with E-state index in [2.05, 4.69) is 4.98 Å². The molecule has 0 spiro atoms. The van der Waals surface area contributed by atoms with Gasteiger partial charge in [0.1, 0.15) is 17.2 Å². The van der Waals surface area contributed by atoms with Gasteiger partial charge in [-0.05, 0) is 78.5 Å². The summed E-state index contributed by atoms with van der Waals surface area (Å²) in [5, 5.41) is 0. The molecule has 2 heterocycles. The Morgan fingerprint density at radius 2 is 1.78 bits per heavy atom. The number of anilines is 3. The van der Waals surface area contributed by atoms with Crippen LogP contribution in [0.15, 0.2) is 36.5 Å². The van der Waals surface area contributed by atoms with Crippen molar-refractivity contribution in [2.45, 2.75) is 84.7 Å². The lowest BCUT2D eigenvalue weighted by molar-refractivity contribution is -0.124. The maximum atomic E-state index is 14.0. The summed E-state index contributed by atoms with van der Waals surface area (Å²) in [4.78, 5) is 35.2. The lowest BCUT2D eigenvalue weighted by Gasteiger charge is -2.33. The average Bonchev–Trinajstić information content (AvgIpc) is 2.96. The average molecular weight is 496 g/mol. The van der Waals surface area contributed by atoms with Crippen LogP contribution in [0.1, 0.15) is 65.9 Å². The van der Waals surface area contributed by atoms with Gasteiger partial charge in [-0.25, -0.2) is 14.7 Å². The lowest BCUT2D eigenvalue weighted by Crippen LogP contribution is -2.38. The van der Waals surface area contributed by atoms with Crippen LogP contribution in [0.2, 0.25) is 0 Å². The molecular formula is C28H37N3O5. The highest BCUT2D eigenvalue weighted by atomic mass is 16.6. The number of rotatable bonds is 4. The summed E-state index contributed by atoms with van der Waals surface area (Å²) in [6.07, 6.45) is 4.71. The fourth-order valence-corrected chi connectivity index (χ4v) is 4.90. The van der Waals surface area contributed by atoms with Crippen LogP contribution in [0.4, 0.5) is 22.0 Å². The van der Waals surface area contributed by atoms with Crippen molar-refractivity contribution in [3.8, 4) is 5.75 Å². The molecule has 8 nitrogen and oxygen atoms in total. The highest BCUT2D eigenvalue weighted by Crippen LogP contribution is 2.43. The van der Waals surface area contributed by atoms with Gasteiger partial charge >= 0.3 is 6.09 Å². The van der Waals surface area contributed by atoms with E-state index in [0.717, 1.165) is 31.2 Å². The van der Waals surface area contributed by atoms with Crippen molar-refractivity contribution in [2.24, 2.45) is 5.92 Å². The Hall–Kier alpha value is -3.13. The summed E-state index contributed by atoms with van der Waals surface area (Å²) >= 11 is 0. The molecule has 0 bridgehead atoms. The van der Waals surface area contributed by atoms with E-state index >= 15 is 0 Å². The van der Waals surface area contributed by atoms with Crippen LogP contribution in [-0.4, -0.2) is 41.9 Å². The quantitative estimate of drug-likeness (QED) is 0.518.